The number of amides is 3. The number of nitrogens with zero attached hydrogens (tertiary/aromatic N) is 3. The monoisotopic (exact) mass is 347 g/mol. The third-order valence-electron chi connectivity index (χ3n) is 5.18. The minimum Gasteiger partial charge on any atom is -0.497 e. The first-order valence-electron chi connectivity index (χ1n) is 8.22. The van der Waals surface area contributed by atoms with Gasteiger partial charge >= 0.3 is 17.5 Å². The molecule has 0 radical (unpaired) electrons. The molecular weight excluding hydrogens is 326 g/mol. The molecule has 2 fully saturated rings. The molecule has 3 amide bonds. The van der Waals surface area contributed by atoms with Crippen molar-refractivity contribution >= 4 is 11.9 Å². The van der Waals surface area contributed by atoms with E-state index in [2.05, 4.69) is 0 Å². The van der Waals surface area contributed by atoms with Gasteiger partial charge in [-0.3, -0.25) is 19.8 Å². The lowest BCUT2D eigenvalue weighted by Gasteiger charge is -2.44. The number of hydrogen-bond acceptors (Lipinski definition) is 5. The van der Waals surface area contributed by atoms with Crippen LogP contribution in [0.1, 0.15) is 32.3 Å². The van der Waals surface area contributed by atoms with Gasteiger partial charge in [0.1, 0.15) is 11.8 Å². The molecule has 1 saturated heterocycles. The molecule has 1 heterocycles. The van der Waals surface area contributed by atoms with Crippen LogP contribution in [0.25, 0.3) is 0 Å². The summed E-state index contributed by atoms with van der Waals surface area (Å²) in [5, 5.41) is 11.7. The predicted octanol–water partition coefficient (Wildman–Crippen LogP) is 2.05. The highest BCUT2D eigenvalue weighted by Gasteiger charge is 2.63. The van der Waals surface area contributed by atoms with Gasteiger partial charge in [-0.25, -0.2) is 4.79 Å². The minimum absolute atomic E-state index is 0.00102. The Morgan fingerprint density at radius 2 is 1.88 bits per heavy atom. The van der Waals surface area contributed by atoms with Gasteiger partial charge in [0.2, 0.25) is 0 Å². The number of benzene rings is 1. The molecule has 8 heteroatoms. The number of methoxy groups -OCH3 is 1. The van der Waals surface area contributed by atoms with Crippen molar-refractivity contribution in [3.63, 3.8) is 0 Å². The maximum atomic E-state index is 12.8. The van der Waals surface area contributed by atoms with E-state index in [0.29, 0.717) is 11.3 Å². The van der Waals surface area contributed by atoms with Crippen molar-refractivity contribution in [2.24, 2.45) is 0 Å². The molecule has 0 spiro atoms. The number of carbonyl (C=O) groups is 2. The molecule has 0 bridgehead atoms. The summed E-state index contributed by atoms with van der Waals surface area (Å²) in [6, 6.07) is 5.68. The third-order valence-corrected chi connectivity index (χ3v) is 5.18. The van der Waals surface area contributed by atoms with Crippen LogP contribution < -0.4 is 4.74 Å². The molecular formula is C17H21N3O5. The summed E-state index contributed by atoms with van der Waals surface area (Å²) in [5.41, 5.74) is -1.14. The lowest BCUT2D eigenvalue weighted by atomic mass is 9.88. The summed E-state index contributed by atoms with van der Waals surface area (Å²) in [6.07, 6.45) is 1.63. The number of imide groups is 1. The number of nitro groups is 1. The first kappa shape index (κ1) is 17.2. The Balaban J connectivity index is 1.93. The molecule has 1 saturated carbocycles. The summed E-state index contributed by atoms with van der Waals surface area (Å²) in [4.78, 5) is 39.3. The van der Waals surface area contributed by atoms with E-state index >= 15 is 0 Å². The molecule has 0 N–H and O–H groups in total. The van der Waals surface area contributed by atoms with E-state index in [4.69, 9.17) is 4.74 Å². The topological polar surface area (TPSA) is 93.0 Å². The smallest absolute Gasteiger partial charge is 0.327 e. The van der Waals surface area contributed by atoms with Gasteiger partial charge in [0, 0.05) is 17.9 Å². The second kappa shape index (κ2) is 6.02. The van der Waals surface area contributed by atoms with Gasteiger partial charge in [0.15, 0.2) is 0 Å². The van der Waals surface area contributed by atoms with Crippen LogP contribution in [-0.2, 0) is 11.3 Å². The Bertz CT molecular complexity index is 715. The van der Waals surface area contributed by atoms with Crippen LogP contribution in [-0.4, -0.2) is 51.4 Å². The molecule has 134 valence electrons. The Labute approximate surface area is 145 Å². The zero-order valence-corrected chi connectivity index (χ0v) is 14.5. The Morgan fingerprint density at radius 1 is 1.28 bits per heavy atom. The maximum Gasteiger partial charge on any atom is 0.327 e. The van der Waals surface area contributed by atoms with E-state index < -0.39 is 28.4 Å². The van der Waals surface area contributed by atoms with Crippen LogP contribution in [0, 0.1) is 10.1 Å². The van der Waals surface area contributed by atoms with Crippen LogP contribution in [0.15, 0.2) is 24.3 Å². The second-order valence-corrected chi connectivity index (χ2v) is 6.74. The molecule has 8 nitrogen and oxygen atoms in total. The normalized spacial score (nSPS) is 26.8. The fourth-order valence-electron chi connectivity index (χ4n) is 3.22. The van der Waals surface area contributed by atoms with Crippen molar-refractivity contribution in [1.82, 2.24) is 9.80 Å². The first-order valence-corrected chi connectivity index (χ1v) is 8.22. The van der Waals surface area contributed by atoms with Gasteiger partial charge in [0.05, 0.1) is 13.7 Å². The average molecular weight is 347 g/mol. The minimum atomic E-state index is -1.84. The van der Waals surface area contributed by atoms with Crippen molar-refractivity contribution in [3.8, 4) is 5.75 Å². The van der Waals surface area contributed by atoms with Crippen LogP contribution in [0.2, 0.25) is 0 Å². The molecule has 1 aromatic rings. The van der Waals surface area contributed by atoms with Crippen LogP contribution in [0.4, 0.5) is 4.79 Å². The standard InChI is InChI=1S/C17H21N3O5/c1-11-17(2,20(23)24)15(21)18(16(22)19(11)13-6-7-13)10-12-4-8-14(25-3)9-5-12/h4-5,8-9,11,13H,6-7,10H2,1-3H3. The van der Waals surface area contributed by atoms with Gasteiger partial charge < -0.3 is 9.64 Å². The third kappa shape index (κ3) is 2.71. The number of urea groups is 1. The molecule has 25 heavy (non-hydrogen) atoms. The summed E-state index contributed by atoms with van der Waals surface area (Å²) in [6.45, 7) is 2.89. The van der Waals surface area contributed by atoms with Gasteiger partial charge in [-0.05, 0) is 37.5 Å². The molecule has 2 unspecified atom stereocenters. The van der Waals surface area contributed by atoms with Crippen molar-refractivity contribution < 1.29 is 19.2 Å². The summed E-state index contributed by atoms with van der Waals surface area (Å²) >= 11 is 0. The number of ether oxygens (including phenoxy) is 1. The maximum absolute atomic E-state index is 12.8. The number of hydrogen-bond donors (Lipinski definition) is 0. The fraction of sp³-hybridized carbons (Fsp3) is 0.529. The molecule has 1 aromatic carbocycles. The predicted molar refractivity (Wildman–Crippen MR) is 88.7 cm³/mol. The number of rotatable bonds is 5. The SMILES string of the molecule is COc1ccc(CN2C(=O)N(C3CC3)C(C)C(C)([N+](=O)[O-])C2=O)cc1. The van der Waals surface area contributed by atoms with E-state index in [-0.39, 0.29) is 12.6 Å². The van der Waals surface area contributed by atoms with E-state index in [1.165, 1.54) is 11.8 Å². The van der Waals surface area contributed by atoms with E-state index in [1.54, 1.807) is 38.3 Å². The van der Waals surface area contributed by atoms with E-state index in [1.807, 2.05) is 0 Å². The van der Waals surface area contributed by atoms with Gasteiger partial charge in [0.25, 0.3) is 0 Å². The highest BCUT2D eigenvalue weighted by molar-refractivity contribution is 6.02. The van der Waals surface area contributed by atoms with Gasteiger partial charge in [-0.15, -0.1) is 0 Å². The molecule has 2 atom stereocenters. The zero-order valence-electron chi connectivity index (χ0n) is 14.5. The highest BCUT2D eigenvalue weighted by atomic mass is 16.6. The van der Waals surface area contributed by atoms with E-state index in [0.717, 1.165) is 17.7 Å². The summed E-state index contributed by atoms with van der Waals surface area (Å²) in [7, 11) is 1.55. The van der Waals surface area contributed by atoms with Crippen molar-refractivity contribution in [2.45, 2.75) is 50.9 Å². The van der Waals surface area contributed by atoms with Crippen LogP contribution in [0.5, 0.6) is 5.75 Å². The first-order chi connectivity index (χ1) is 11.8. The Morgan fingerprint density at radius 3 is 2.36 bits per heavy atom. The van der Waals surface area contributed by atoms with Crippen LogP contribution in [0.3, 0.4) is 0 Å². The summed E-state index contributed by atoms with van der Waals surface area (Å²) < 4.78 is 5.09. The average Bonchev–Trinajstić information content (AvgIpc) is 3.42. The molecule has 1 aliphatic carbocycles. The van der Waals surface area contributed by atoms with Gasteiger partial charge in [-0.2, -0.15) is 0 Å². The molecule has 1 aliphatic heterocycles. The lowest BCUT2D eigenvalue weighted by molar-refractivity contribution is -0.557. The van der Waals surface area contributed by atoms with Crippen molar-refractivity contribution in [2.75, 3.05) is 7.11 Å². The Kier molecular flexibility index (Phi) is 4.14. The quantitative estimate of drug-likeness (QED) is 0.600. The Hall–Kier alpha value is -2.64. The highest BCUT2D eigenvalue weighted by Crippen LogP contribution is 2.38. The van der Waals surface area contributed by atoms with Crippen molar-refractivity contribution in [1.29, 1.82) is 0 Å². The van der Waals surface area contributed by atoms with Gasteiger partial charge in [-0.1, -0.05) is 12.1 Å². The molecule has 0 aromatic heterocycles. The fourth-order valence-corrected chi connectivity index (χ4v) is 3.22. The molecule has 2 aliphatic rings. The second-order valence-electron chi connectivity index (χ2n) is 6.74. The zero-order chi connectivity index (χ0) is 18.4. The largest absolute Gasteiger partial charge is 0.497 e. The van der Waals surface area contributed by atoms with E-state index in [9.17, 15) is 19.7 Å². The lowest BCUT2D eigenvalue weighted by Crippen LogP contribution is -2.71. The molecule has 3 rings (SSSR count). The van der Waals surface area contributed by atoms with Crippen LogP contribution >= 0.6 is 0 Å². The summed E-state index contributed by atoms with van der Waals surface area (Å²) in [5.74, 6) is -0.105. The number of carbonyl (C=O) groups excluding carboxylic acids is 2. The van der Waals surface area contributed by atoms with Crippen molar-refractivity contribution in [3.05, 3.63) is 39.9 Å².